The fraction of sp³-hybridized carbons (Fsp3) is 0.261. The molecule has 29 heavy (non-hydrogen) atoms. The lowest BCUT2D eigenvalue weighted by Gasteiger charge is -2.37. The number of anilines is 1. The van der Waals surface area contributed by atoms with Gasteiger partial charge in [-0.2, -0.15) is 0 Å². The number of aromatic nitrogens is 2. The number of carbonyl (C=O) groups excluding carboxylic acids is 1. The summed E-state index contributed by atoms with van der Waals surface area (Å²) in [5.41, 5.74) is 4.83. The molecule has 1 amide bonds. The van der Waals surface area contributed by atoms with Crippen LogP contribution in [0.25, 0.3) is 11.4 Å². The van der Waals surface area contributed by atoms with Crippen molar-refractivity contribution in [1.29, 1.82) is 0 Å². The highest BCUT2D eigenvalue weighted by Gasteiger charge is 2.23. The van der Waals surface area contributed by atoms with Gasteiger partial charge in [-0.05, 0) is 43.2 Å². The molecule has 0 radical (unpaired) electrons. The van der Waals surface area contributed by atoms with Crippen molar-refractivity contribution in [2.45, 2.75) is 13.8 Å². The van der Waals surface area contributed by atoms with Crippen LogP contribution in [0.3, 0.4) is 0 Å². The number of piperazine rings is 1. The van der Waals surface area contributed by atoms with Crippen LogP contribution < -0.4 is 4.90 Å². The molecule has 0 atom stereocenters. The highest BCUT2D eigenvalue weighted by Crippen LogP contribution is 2.24. The Hall–Kier alpha value is -3.28. The molecule has 3 aromatic rings. The van der Waals surface area contributed by atoms with Gasteiger partial charge in [-0.25, -0.2) is 14.4 Å². The fourth-order valence-electron chi connectivity index (χ4n) is 3.63. The van der Waals surface area contributed by atoms with Gasteiger partial charge in [0.05, 0.1) is 5.56 Å². The van der Waals surface area contributed by atoms with Gasteiger partial charge in [0, 0.05) is 49.8 Å². The molecule has 0 bridgehead atoms. The van der Waals surface area contributed by atoms with Crippen LogP contribution in [0.15, 0.2) is 54.9 Å². The van der Waals surface area contributed by atoms with Gasteiger partial charge in [-0.15, -0.1) is 0 Å². The Morgan fingerprint density at radius 1 is 0.966 bits per heavy atom. The lowest BCUT2D eigenvalue weighted by Crippen LogP contribution is -2.49. The molecule has 6 heteroatoms. The molecule has 1 aliphatic rings. The standard InChI is InChI=1S/C23H23FN4O/c1-16-5-3-8-21(17(16)2)27-9-11-28(12-10-27)23(29)19-14-25-22(26-15-19)18-6-4-7-20(24)13-18/h3-8,13-15H,9-12H2,1-2H3. The van der Waals surface area contributed by atoms with E-state index in [-0.39, 0.29) is 11.7 Å². The van der Waals surface area contributed by atoms with Crippen molar-refractivity contribution in [3.63, 3.8) is 0 Å². The first kappa shape index (κ1) is 19.1. The molecule has 1 saturated heterocycles. The van der Waals surface area contributed by atoms with Gasteiger partial charge in [0.25, 0.3) is 5.91 Å². The third-order valence-corrected chi connectivity index (χ3v) is 5.47. The largest absolute Gasteiger partial charge is 0.368 e. The Morgan fingerprint density at radius 3 is 2.34 bits per heavy atom. The van der Waals surface area contributed by atoms with Gasteiger partial charge in [-0.3, -0.25) is 4.79 Å². The second-order valence-corrected chi connectivity index (χ2v) is 7.30. The van der Waals surface area contributed by atoms with Crippen LogP contribution in [0.1, 0.15) is 21.5 Å². The summed E-state index contributed by atoms with van der Waals surface area (Å²) < 4.78 is 13.4. The maximum Gasteiger partial charge on any atom is 0.257 e. The first-order chi connectivity index (χ1) is 14.0. The summed E-state index contributed by atoms with van der Waals surface area (Å²) in [5.74, 6) is -0.00910. The summed E-state index contributed by atoms with van der Waals surface area (Å²) in [7, 11) is 0. The Morgan fingerprint density at radius 2 is 1.66 bits per heavy atom. The first-order valence-electron chi connectivity index (χ1n) is 9.71. The van der Waals surface area contributed by atoms with E-state index in [2.05, 4.69) is 46.9 Å². The summed E-state index contributed by atoms with van der Waals surface area (Å²) in [6, 6.07) is 12.4. The van der Waals surface area contributed by atoms with E-state index < -0.39 is 0 Å². The van der Waals surface area contributed by atoms with Crippen molar-refractivity contribution in [2.24, 2.45) is 0 Å². The van der Waals surface area contributed by atoms with E-state index in [9.17, 15) is 9.18 Å². The van der Waals surface area contributed by atoms with Crippen LogP contribution in [-0.2, 0) is 0 Å². The van der Waals surface area contributed by atoms with E-state index >= 15 is 0 Å². The van der Waals surface area contributed by atoms with Crippen LogP contribution in [0, 0.1) is 19.7 Å². The van der Waals surface area contributed by atoms with Gasteiger partial charge < -0.3 is 9.80 Å². The molecule has 2 aromatic carbocycles. The average molecular weight is 390 g/mol. The first-order valence-corrected chi connectivity index (χ1v) is 9.71. The molecule has 1 aromatic heterocycles. The molecule has 0 aliphatic carbocycles. The predicted octanol–water partition coefficient (Wildman–Crippen LogP) is 3.86. The number of aryl methyl sites for hydroxylation is 1. The molecule has 0 spiro atoms. The summed E-state index contributed by atoms with van der Waals surface area (Å²) in [5, 5.41) is 0. The second-order valence-electron chi connectivity index (χ2n) is 7.30. The molecule has 4 rings (SSSR count). The number of benzene rings is 2. The molecule has 0 N–H and O–H groups in total. The zero-order valence-electron chi connectivity index (χ0n) is 16.6. The molecule has 1 fully saturated rings. The van der Waals surface area contributed by atoms with E-state index in [1.807, 2.05) is 4.90 Å². The molecular formula is C23H23FN4O. The maximum absolute atomic E-state index is 13.4. The van der Waals surface area contributed by atoms with Crippen molar-refractivity contribution in [3.05, 3.63) is 77.4 Å². The van der Waals surface area contributed by atoms with Crippen molar-refractivity contribution in [3.8, 4) is 11.4 Å². The van der Waals surface area contributed by atoms with Crippen LogP contribution in [0.2, 0.25) is 0 Å². The molecular weight excluding hydrogens is 367 g/mol. The number of hydrogen-bond acceptors (Lipinski definition) is 4. The topological polar surface area (TPSA) is 49.3 Å². The predicted molar refractivity (Wildman–Crippen MR) is 111 cm³/mol. The normalized spacial score (nSPS) is 14.2. The molecule has 0 saturated carbocycles. The molecule has 148 valence electrons. The van der Waals surface area contributed by atoms with Gasteiger partial charge in [-0.1, -0.05) is 24.3 Å². The fourth-order valence-corrected chi connectivity index (χ4v) is 3.63. The monoisotopic (exact) mass is 390 g/mol. The number of halogens is 1. The average Bonchev–Trinajstić information content (AvgIpc) is 2.75. The Balaban J connectivity index is 1.42. The Kier molecular flexibility index (Phi) is 5.25. The smallest absolute Gasteiger partial charge is 0.257 e. The van der Waals surface area contributed by atoms with E-state index in [0.717, 1.165) is 13.1 Å². The molecule has 2 heterocycles. The third-order valence-electron chi connectivity index (χ3n) is 5.47. The summed E-state index contributed by atoms with van der Waals surface area (Å²) in [6.07, 6.45) is 3.04. The van der Waals surface area contributed by atoms with Gasteiger partial charge in [0.2, 0.25) is 0 Å². The van der Waals surface area contributed by atoms with Gasteiger partial charge >= 0.3 is 0 Å². The minimum atomic E-state index is -0.340. The van der Waals surface area contributed by atoms with E-state index in [0.29, 0.717) is 30.0 Å². The number of rotatable bonds is 3. The third kappa shape index (κ3) is 3.97. The zero-order chi connectivity index (χ0) is 20.4. The highest BCUT2D eigenvalue weighted by atomic mass is 19.1. The van der Waals surface area contributed by atoms with Crippen molar-refractivity contribution < 1.29 is 9.18 Å². The van der Waals surface area contributed by atoms with Crippen molar-refractivity contribution in [1.82, 2.24) is 14.9 Å². The number of amides is 1. The molecule has 0 unspecified atom stereocenters. The Labute approximate surface area is 169 Å². The summed E-state index contributed by atoms with van der Waals surface area (Å²) in [6.45, 7) is 7.14. The Bertz CT molecular complexity index is 1030. The second kappa shape index (κ2) is 7.99. The number of nitrogens with zero attached hydrogens (tertiary/aromatic N) is 4. The maximum atomic E-state index is 13.4. The van der Waals surface area contributed by atoms with Crippen LogP contribution in [0.4, 0.5) is 10.1 Å². The highest BCUT2D eigenvalue weighted by molar-refractivity contribution is 5.94. The van der Waals surface area contributed by atoms with Gasteiger partial charge in [0.15, 0.2) is 5.82 Å². The van der Waals surface area contributed by atoms with Crippen LogP contribution in [0.5, 0.6) is 0 Å². The lowest BCUT2D eigenvalue weighted by atomic mass is 10.1. The quantitative estimate of drug-likeness (QED) is 0.681. The van der Waals surface area contributed by atoms with Crippen molar-refractivity contribution in [2.75, 3.05) is 31.1 Å². The van der Waals surface area contributed by atoms with E-state index in [1.54, 1.807) is 12.1 Å². The molecule has 1 aliphatic heterocycles. The zero-order valence-corrected chi connectivity index (χ0v) is 16.6. The SMILES string of the molecule is Cc1cccc(N2CCN(C(=O)c3cnc(-c4cccc(F)c4)nc3)CC2)c1C. The minimum Gasteiger partial charge on any atom is -0.368 e. The summed E-state index contributed by atoms with van der Waals surface area (Å²) in [4.78, 5) is 25.5. The minimum absolute atomic E-state index is 0.0728. The summed E-state index contributed by atoms with van der Waals surface area (Å²) >= 11 is 0. The number of carbonyl (C=O) groups is 1. The molecule has 5 nitrogen and oxygen atoms in total. The van der Waals surface area contributed by atoms with E-state index in [1.165, 1.54) is 41.3 Å². The number of hydrogen-bond donors (Lipinski definition) is 0. The van der Waals surface area contributed by atoms with Crippen LogP contribution in [-0.4, -0.2) is 47.0 Å². The van der Waals surface area contributed by atoms with E-state index in [4.69, 9.17) is 0 Å². The van der Waals surface area contributed by atoms with Gasteiger partial charge in [0.1, 0.15) is 5.82 Å². The van der Waals surface area contributed by atoms with Crippen LogP contribution >= 0.6 is 0 Å². The van der Waals surface area contributed by atoms with Crippen molar-refractivity contribution >= 4 is 11.6 Å². The lowest BCUT2D eigenvalue weighted by molar-refractivity contribution is 0.0746.